The zero-order chi connectivity index (χ0) is 16.1. The van der Waals surface area contributed by atoms with Gasteiger partial charge in [-0.3, -0.25) is 15.1 Å². The van der Waals surface area contributed by atoms with Crippen LogP contribution >= 0.6 is 0 Å². The Bertz CT molecular complexity index is 674. The molecule has 1 aromatic carbocycles. The van der Waals surface area contributed by atoms with E-state index >= 15 is 0 Å². The molecule has 0 fully saturated rings. The van der Waals surface area contributed by atoms with Gasteiger partial charge in [-0.25, -0.2) is 0 Å². The third-order valence-corrected chi connectivity index (χ3v) is 2.82. The van der Waals surface area contributed by atoms with Crippen molar-refractivity contribution in [2.24, 2.45) is 0 Å². The molecular weight excluding hydrogens is 286 g/mol. The van der Waals surface area contributed by atoms with Crippen LogP contribution in [0.2, 0.25) is 0 Å². The van der Waals surface area contributed by atoms with Crippen molar-refractivity contribution in [3.8, 4) is 11.5 Å². The van der Waals surface area contributed by atoms with E-state index in [1.54, 1.807) is 25.3 Å². The lowest BCUT2D eigenvalue weighted by atomic mass is 10.2. The summed E-state index contributed by atoms with van der Waals surface area (Å²) in [6, 6.07) is 6.79. The summed E-state index contributed by atoms with van der Waals surface area (Å²) in [6.07, 6.45) is 2.66. The highest BCUT2D eigenvalue weighted by atomic mass is 16.6. The largest absolute Gasteiger partial charge is 0.497 e. The maximum Gasteiger partial charge on any atom is 0.310 e. The molecule has 0 bridgehead atoms. The van der Waals surface area contributed by atoms with Crippen molar-refractivity contribution in [1.29, 1.82) is 0 Å². The predicted molar refractivity (Wildman–Crippen MR) is 82.9 cm³/mol. The Balaban J connectivity index is 2.41. The standard InChI is InChI=1S/C15H17N3O4/c1-10(2)22-15-5-4-11(21-3)8-13(15)17-12-6-7-16-9-14(12)18(19)20/h4-10H,1-3H3,(H,16,17). The second-order valence-electron chi connectivity index (χ2n) is 4.80. The summed E-state index contributed by atoms with van der Waals surface area (Å²) in [6.45, 7) is 3.81. The van der Waals surface area contributed by atoms with Gasteiger partial charge in [0.25, 0.3) is 0 Å². The quantitative estimate of drug-likeness (QED) is 0.649. The molecule has 1 aromatic heterocycles. The number of benzene rings is 1. The minimum absolute atomic E-state index is 0.0265. The fraction of sp³-hybridized carbons (Fsp3) is 0.267. The molecule has 2 rings (SSSR count). The van der Waals surface area contributed by atoms with E-state index < -0.39 is 4.92 Å². The fourth-order valence-corrected chi connectivity index (χ4v) is 1.87. The van der Waals surface area contributed by atoms with Crippen molar-refractivity contribution in [2.45, 2.75) is 20.0 Å². The van der Waals surface area contributed by atoms with Crippen molar-refractivity contribution in [1.82, 2.24) is 4.98 Å². The molecule has 1 N–H and O–H groups in total. The van der Waals surface area contributed by atoms with E-state index in [0.29, 0.717) is 22.9 Å². The number of nitrogens with zero attached hydrogens (tertiary/aromatic N) is 2. The topological polar surface area (TPSA) is 86.5 Å². The van der Waals surface area contributed by atoms with E-state index in [4.69, 9.17) is 9.47 Å². The van der Waals surface area contributed by atoms with Gasteiger partial charge in [0.1, 0.15) is 23.4 Å². The van der Waals surface area contributed by atoms with E-state index in [1.165, 1.54) is 18.5 Å². The van der Waals surface area contributed by atoms with Crippen LogP contribution in [0.1, 0.15) is 13.8 Å². The Labute approximate surface area is 128 Å². The SMILES string of the molecule is COc1ccc(OC(C)C)c(Nc2ccncc2[N+](=O)[O-])c1. The number of methoxy groups -OCH3 is 1. The Morgan fingerprint density at radius 1 is 1.27 bits per heavy atom. The summed E-state index contributed by atoms with van der Waals surface area (Å²) >= 11 is 0. The van der Waals surface area contributed by atoms with Crippen molar-refractivity contribution < 1.29 is 14.4 Å². The van der Waals surface area contributed by atoms with Crippen molar-refractivity contribution in [3.05, 3.63) is 46.8 Å². The lowest BCUT2D eigenvalue weighted by Crippen LogP contribution is -2.08. The maximum absolute atomic E-state index is 11.1. The van der Waals surface area contributed by atoms with Gasteiger partial charge in [-0.2, -0.15) is 0 Å². The monoisotopic (exact) mass is 303 g/mol. The normalized spacial score (nSPS) is 10.4. The van der Waals surface area contributed by atoms with Gasteiger partial charge in [0.05, 0.1) is 23.8 Å². The van der Waals surface area contributed by atoms with Gasteiger partial charge in [-0.15, -0.1) is 0 Å². The van der Waals surface area contributed by atoms with Crippen LogP contribution in [-0.2, 0) is 0 Å². The zero-order valence-corrected chi connectivity index (χ0v) is 12.6. The Morgan fingerprint density at radius 3 is 2.68 bits per heavy atom. The molecule has 7 nitrogen and oxygen atoms in total. The number of hydrogen-bond acceptors (Lipinski definition) is 6. The lowest BCUT2D eigenvalue weighted by molar-refractivity contribution is -0.384. The molecule has 1 heterocycles. The second kappa shape index (κ2) is 6.75. The summed E-state index contributed by atoms with van der Waals surface area (Å²) in [7, 11) is 1.55. The van der Waals surface area contributed by atoms with Gasteiger partial charge in [0.2, 0.25) is 0 Å². The first-order valence-corrected chi connectivity index (χ1v) is 6.71. The summed E-state index contributed by atoms with van der Waals surface area (Å²) in [5.74, 6) is 1.21. The molecule has 0 aliphatic heterocycles. The summed E-state index contributed by atoms with van der Waals surface area (Å²) < 4.78 is 10.9. The highest BCUT2D eigenvalue weighted by Crippen LogP contribution is 2.34. The van der Waals surface area contributed by atoms with Crippen LogP contribution in [0.3, 0.4) is 0 Å². The van der Waals surface area contributed by atoms with Crippen molar-refractivity contribution >= 4 is 17.1 Å². The summed E-state index contributed by atoms with van der Waals surface area (Å²) in [5, 5.41) is 14.1. The van der Waals surface area contributed by atoms with E-state index in [9.17, 15) is 10.1 Å². The molecule has 0 atom stereocenters. The summed E-state index contributed by atoms with van der Waals surface area (Å²) in [5.41, 5.74) is 0.810. The second-order valence-corrected chi connectivity index (χ2v) is 4.80. The number of anilines is 2. The van der Waals surface area contributed by atoms with Crippen LogP contribution < -0.4 is 14.8 Å². The number of nitrogens with one attached hydrogen (secondary N) is 1. The predicted octanol–water partition coefficient (Wildman–Crippen LogP) is 3.53. The van der Waals surface area contributed by atoms with E-state index in [-0.39, 0.29) is 11.8 Å². The number of aromatic nitrogens is 1. The molecule has 0 unspecified atom stereocenters. The first-order valence-electron chi connectivity index (χ1n) is 6.71. The van der Waals surface area contributed by atoms with Crippen LogP contribution in [0.4, 0.5) is 17.1 Å². The number of ether oxygens (including phenoxy) is 2. The van der Waals surface area contributed by atoms with Crippen LogP contribution in [0, 0.1) is 10.1 Å². The van der Waals surface area contributed by atoms with Gasteiger partial charge < -0.3 is 14.8 Å². The first-order chi connectivity index (χ1) is 10.5. The Morgan fingerprint density at radius 2 is 2.05 bits per heavy atom. The maximum atomic E-state index is 11.1. The fourth-order valence-electron chi connectivity index (χ4n) is 1.87. The van der Waals surface area contributed by atoms with Gasteiger partial charge in [-0.1, -0.05) is 0 Å². The van der Waals surface area contributed by atoms with E-state index in [1.807, 2.05) is 13.8 Å². The number of nitro groups is 1. The minimum Gasteiger partial charge on any atom is -0.497 e. The molecule has 7 heteroatoms. The first kappa shape index (κ1) is 15.6. The smallest absolute Gasteiger partial charge is 0.310 e. The molecule has 0 saturated heterocycles. The molecule has 0 aliphatic carbocycles. The molecular formula is C15H17N3O4. The molecule has 22 heavy (non-hydrogen) atoms. The molecule has 0 radical (unpaired) electrons. The van der Waals surface area contributed by atoms with Crippen LogP contribution in [0.25, 0.3) is 0 Å². The van der Waals surface area contributed by atoms with E-state index in [2.05, 4.69) is 10.3 Å². The number of hydrogen-bond donors (Lipinski definition) is 1. The highest BCUT2D eigenvalue weighted by Gasteiger charge is 2.16. The molecule has 0 saturated carbocycles. The Kier molecular flexibility index (Phi) is 4.77. The highest BCUT2D eigenvalue weighted by molar-refractivity contribution is 5.73. The van der Waals surface area contributed by atoms with Gasteiger partial charge in [0.15, 0.2) is 0 Å². The average molecular weight is 303 g/mol. The molecule has 0 amide bonds. The zero-order valence-electron chi connectivity index (χ0n) is 12.6. The van der Waals surface area contributed by atoms with Crippen LogP contribution in [-0.4, -0.2) is 23.1 Å². The van der Waals surface area contributed by atoms with Gasteiger partial charge in [-0.05, 0) is 32.0 Å². The summed E-state index contributed by atoms with van der Waals surface area (Å²) in [4.78, 5) is 14.4. The third kappa shape index (κ3) is 3.63. The van der Waals surface area contributed by atoms with Gasteiger partial charge in [0, 0.05) is 12.3 Å². The van der Waals surface area contributed by atoms with Gasteiger partial charge >= 0.3 is 5.69 Å². The minimum atomic E-state index is -0.488. The molecule has 2 aromatic rings. The number of rotatable bonds is 6. The van der Waals surface area contributed by atoms with Crippen molar-refractivity contribution in [2.75, 3.05) is 12.4 Å². The van der Waals surface area contributed by atoms with Crippen molar-refractivity contribution in [3.63, 3.8) is 0 Å². The molecule has 0 aliphatic rings. The third-order valence-electron chi connectivity index (χ3n) is 2.82. The Hall–Kier alpha value is -2.83. The average Bonchev–Trinajstić information content (AvgIpc) is 2.49. The number of pyridine rings is 1. The molecule has 116 valence electrons. The van der Waals surface area contributed by atoms with Crippen LogP contribution in [0.5, 0.6) is 11.5 Å². The lowest BCUT2D eigenvalue weighted by Gasteiger charge is -2.16. The molecule has 0 spiro atoms. The van der Waals surface area contributed by atoms with E-state index in [0.717, 1.165) is 0 Å². The van der Waals surface area contributed by atoms with Crippen LogP contribution in [0.15, 0.2) is 36.7 Å².